The molecule has 0 aliphatic carbocycles. The summed E-state index contributed by atoms with van der Waals surface area (Å²) in [6, 6.07) is 8.52. The highest BCUT2D eigenvalue weighted by Gasteiger charge is 2.30. The number of thiophene rings is 2. The normalized spacial score (nSPS) is 14.0. The van der Waals surface area contributed by atoms with E-state index in [0.717, 1.165) is 12.8 Å². The van der Waals surface area contributed by atoms with Gasteiger partial charge in [-0.2, -0.15) is 0 Å². The molecule has 1 nitrogen and oxygen atoms in total. The van der Waals surface area contributed by atoms with Crippen LogP contribution in [0.3, 0.4) is 0 Å². The lowest BCUT2D eigenvalue weighted by Gasteiger charge is -2.18. The van der Waals surface area contributed by atoms with Crippen molar-refractivity contribution in [2.24, 2.45) is 0 Å². The molecular formula is C17H20Br2OS2. The minimum atomic E-state index is -0.0555. The van der Waals surface area contributed by atoms with E-state index in [1.165, 1.54) is 19.5 Å². The first-order valence-corrected chi connectivity index (χ1v) is 11.3. The molecule has 120 valence electrons. The Morgan fingerprint density at radius 3 is 1.59 bits per heavy atom. The van der Waals surface area contributed by atoms with Gasteiger partial charge in [0.05, 0.1) is 11.8 Å². The molecule has 0 bridgehead atoms. The Morgan fingerprint density at radius 1 is 0.909 bits per heavy atom. The molecule has 2 rings (SSSR count). The zero-order chi connectivity index (χ0) is 16.1. The molecule has 22 heavy (non-hydrogen) atoms. The number of hydrogen-bond acceptors (Lipinski definition) is 3. The minimum Gasteiger partial charge on any atom is -0.298 e. The van der Waals surface area contributed by atoms with Gasteiger partial charge in [-0.3, -0.25) is 4.79 Å². The van der Waals surface area contributed by atoms with Crippen LogP contribution >= 0.6 is 54.5 Å². The SMILES string of the molecule is CCc1ccc(C(CBr)C(=O)C(CBr)c2ccc(CC)s2)s1. The molecule has 2 unspecified atom stereocenters. The second-order valence-corrected chi connectivity index (χ2v) is 8.83. The zero-order valence-electron chi connectivity index (χ0n) is 12.8. The van der Waals surface area contributed by atoms with Gasteiger partial charge in [-0.25, -0.2) is 0 Å². The summed E-state index contributed by atoms with van der Waals surface area (Å²) in [5.74, 6) is 0.197. The summed E-state index contributed by atoms with van der Waals surface area (Å²) in [5, 5.41) is 1.37. The Kier molecular flexibility index (Phi) is 7.32. The van der Waals surface area contributed by atoms with Crippen LogP contribution in [0.25, 0.3) is 0 Å². The number of aryl methyl sites for hydroxylation is 2. The first-order chi connectivity index (χ1) is 10.6. The molecule has 2 aromatic heterocycles. The van der Waals surface area contributed by atoms with E-state index in [4.69, 9.17) is 0 Å². The molecule has 0 aliphatic rings. The van der Waals surface area contributed by atoms with Gasteiger partial charge in [0.15, 0.2) is 5.78 Å². The number of rotatable bonds is 8. The zero-order valence-corrected chi connectivity index (χ0v) is 17.6. The highest BCUT2D eigenvalue weighted by molar-refractivity contribution is 9.09. The number of halogens is 2. The topological polar surface area (TPSA) is 17.1 Å². The average molecular weight is 464 g/mol. The first-order valence-electron chi connectivity index (χ1n) is 7.47. The smallest absolute Gasteiger partial charge is 0.151 e. The van der Waals surface area contributed by atoms with Gasteiger partial charge in [0, 0.05) is 30.2 Å². The van der Waals surface area contributed by atoms with Crippen LogP contribution in [0.5, 0.6) is 0 Å². The lowest BCUT2D eigenvalue weighted by Crippen LogP contribution is -2.21. The van der Waals surface area contributed by atoms with Crippen LogP contribution in [0, 0.1) is 0 Å². The van der Waals surface area contributed by atoms with E-state index < -0.39 is 0 Å². The second kappa shape index (κ2) is 8.76. The van der Waals surface area contributed by atoms with Gasteiger partial charge < -0.3 is 0 Å². The summed E-state index contributed by atoms with van der Waals surface area (Å²) in [6.45, 7) is 4.31. The minimum absolute atomic E-state index is 0.0555. The molecule has 0 radical (unpaired) electrons. The molecule has 0 aromatic carbocycles. The summed E-state index contributed by atoms with van der Waals surface area (Å²) in [6.07, 6.45) is 2.06. The molecule has 2 aromatic rings. The molecule has 0 fully saturated rings. The van der Waals surface area contributed by atoms with Crippen LogP contribution in [0.4, 0.5) is 0 Å². The molecule has 5 heteroatoms. The van der Waals surface area contributed by atoms with E-state index in [1.54, 1.807) is 22.7 Å². The Bertz CT molecular complexity index is 565. The van der Waals surface area contributed by atoms with Gasteiger partial charge in [0.2, 0.25) is 0 Å². The van der Waals surface area contributed by atoms with E-state index in [0.29, 0.717) is 16.4 Å². The van der Waals surface area contributed by atoms with Crippen molar-refractivity contribution in [3.05, 3.63) is 43.8 Å². The van der Waals surface area contributed by atoms with E-state index in [1.807, 2.05) is 0 Å². The third-order valence-electron chi connectivity index (χ3n) is 3.74. The molecule has 0 saturated carbocycles. The van der Waals surface area contributed by atoms with Crippen molar-refractivity contribution in [3.8, 4) is 0 Å². The van der Waals surface area contributed by atoms with Crippen LogP contribution < -0.4 is 0 Å². The fourth-order valence-corrected chi connectivity index (χ4v) is 6.26. The number of alkyl halides is 2. The molecule has 2 heterocycles. The quantitative estimate of drug-likeness (QED) is 0.428. The van der Waals surface area contributed by atoms with Crippen LogP contribution in [0.2, 0.25) is 0 Å². The van der Waals surface area contributed by atoms with E-state index >= 15 is 0 Å². The van der Waals surface area contributed by atoms with Crippen molar-refractivity contribution in [3.63, 3.8) is 0 Å². The third kappa shape index (κ3) is 4.11. The largest absolute Gasteiger partial charge is 0.298 e. The first kappa shape index (κ1) is 18.4. The molecule has 0 aliphatic heterocycles. The van der Waals surface area contributed by atoms with Gasteiger partial charge in [-0.1, -0.05) is 45.7 Å². The van der Waals surface area contributed by atoms with Crippen LogP contribution in [0.1, 0.15) is 45.2 Å². The van der Waals surface area contributed by atoms with Crippen molar-refractivity contribution < 1.29 is 4.79 Å². The van der Waals surface area contributed by atoms with Gasteiger partial charge in [0.1, 0.15) is 0 Å². The molecule has 0 amide bonds. The monoisotopic (exact) mass is 462 g/mol. The van der Waals surface area contributed by atoms with Crippen LogP contribution in [-0.2, 0) is 17.6 Å². The summed E-state index contributed by atoms with van der Waals surface area (Å²) in [5.41, 5.74) is 0. The Labute approximate surface area is 157 Å². The summed E-state index contributed by atoms with van der Waals surface area (Å²) >= 11 is 10.6. The standard InChI is InChI=1S/C17H20Br2OS2/c1-3-11-5-7-15(21-11)13(9-18)17(20)14(10-19)16-8-6-12(4-2)22-16/h5-8,13-14H,3-4,9-10H2,1-2H3. The number of Topliss-reactive ketones (excluding diaryl/α,β-unsaturated/α-hetero) is 1. The lowest BCUT2D eigenvalue weighted by molar-refractivity contribution is -0.120. The van der Waals surface area contributed by atoms with Gasteiger partial charge in [0.25, 0.3) is 0 Å². The number of carbonyl (C=O) groups is 1. The maximum absolute atomic E-state index is 13.1. The van der Waals surface area contributed by atoms with Crippen LogP contribution in [-0.4, -0.2) is 16.4 Å². The maximum atomic E-state index is 13.1. The number of carbonyl (C=O) groups excluding carboxylic acids is 1. The van der Waals surface area contributed by atoms with Gasteiger partial charge in [-0.15, -0.1) is 22.7 Å². The highest BCUT2D eigenvalue weighted by atomic mass is 79.9. The molecule has 0 saturated heterocycles. The fraction of sp³-hybridized carbons (Fsp3) is 0.471. The Hall–Kier alpha value is 0.0300. The molecular weight excluding hydrogens is 444 g/mol. The van der Waals surface area contributed by atoms with Crippen molar-refractivity contribution in [1.82, 2.24) is 0 Å². The highest BCUT2D eigenvalue weighted by Crippen LogP contribution is 2.35. The van der Waals surface area contributed by atoms with Crippen molar-refractivity contribution in [2.45, 2.75) is 38.5 Å². The van der Waals surface area contributed by atoms with Gasteiger partial charge >= 0.3 is 0 Å². The number of hydrogen-bond donors (Lipinski definition) is 0. The molecule has 2 atom stereocenters. The second-order valence-electron chi connectivity index (χ2n) is 5.13. The summed E-state index contributed by atoms with van der Waals surface area (Å²) < 4.78 is 0. The predicted octanol–water partition coefficient (Wildman–Crippen LogP) is 6.16. The van der Waals surface area contributed by atoms with Crippen molar-refractivity contribution >= 4 is 60.3 Å². The van der Waals surface area contributed by atoms with Gasteiger partial charge in [-0.05, 0) is 37.1 Å². The maximum Gasteiger partial charge on any atom is 0.151 e. The molecule has 0 N–H and O–H groups in total. The van der Waals surface area contributed by atoms with Crippen LogP contribution in [0.15, 0.2) is 24.3 Å². The third-order valence-corrected chi connectivity index (χ3v) is 7.73. The van der Waals surface area contributed by atoms with E-state index in [2.05, 4.69) is 70.0 Å². The summed E-state index contributed by atoms with van der Waals surface area (Å²) in [4.78, 5) is 18.1. The van der Waals surface area contributed by atoms with Crippen molar-refractivity contribution in [2.75, 3.05) is 10.7 Å². The Morgan fingerprint density at radius 2 is 1.32 bits per heavy atom. The Balaban J connectivity index is 2.24. The van der Waals surface area contributed by atoms with Crippen molar-refractivity contribution in [1.29, 1.82) is 0 Å². The summed E-state index contributed by atoms with van der Waals surface area (Å²) in [7, 11) is 0. The van der Waals surface area contributed by atoms with E-state index in [9.17, 15) is 4.79 Å². The van der Waals surface area contributed by atoms with E-state index in [-0.39, 0.29) is 11.8 Å². The lowest BCUT2D eigenvalue weighted by atomic mass is 9.93. The average Bonchev–Trinajstić information content (AvgIpc) is 3.18. The predicted molar refractivity (Wildman–Crippen MR) is 105 cm³/mol. The number of ketones is 1. The molecule has 0 spiro atoms. The fourth-order valence-electron chi connectivity index (χ4n) is 2.37.